The van der Waals surface area contributed by atoms with E-state index in [1.165, 1.54) is 6.26 Å². The van der Waals surface area contributed by atoms with E-state index in [0.29, 0.717) is 18.0 Å². The molecule has 7 heteroatoms. The molecule has 1 aromatic rings. The minimum Gasteiger partial charge on any atom is -0.387 e. The molecule has 0 radical (unpaired) electrons. The van der Waals surface area contributed by atoms with Crippen molar-refractivity contribution in [3.63, 3.8) is 0 Å². The summed E-state index contributed by atoms with van der Waals surface area (Å²) in [5.74, 6) is 1.49. The van der Waals surface area contributed by atoms with E-state index in [2.05, 4.69) is 4.98 Å². The zero-order valence-corrected chi connectivity index (χ0v) is 12.6. The first-order valence-corrected chi connectivity index (χ1v) is 9.18. The van der Waals surface area contributed by atoms with Gasteiger partial charge in [-0.1, -0.05) is 0 Å². The van der Waals surface area contributed by atoms with Crippen LogP contribution < -0.4 is 4.90 Å². The third kappa shape index (κ3) is 3.40. The van der Waals surface area contributed by atoms with Crippen molar-refractivity contribution in [1.29, 1.82) is 0 Å². The van der Waals surface area contributed by atoms with E-state index >= 15 is 0 Å². The third-order valence-corrected chi connectivity index (χ3v) is 5.75. The molecule has 0 aliphatic carbocycles. The summed E-state index contributed by atoms with van der Waals surface area (Å²) in [6, 6.07) is 3.56. The largest absolute Gasteiger partial charge is 0.387 e. The molecule has 2 rings (SSSR count). The van der Waals surface area contributed by atoms with Gasteiger partial charge in [-0.3, -0.25) is 4.98 Å². The van der Waals surface area contributed by atoms with Gasteiger partial charge in [0.2, 0.25) is 0 Å². The van der Waals surface area contributed by atoms with Crippen LogP contribution in [0.25, 0.3) is 0 Å². The standard InChI is InChI=1S/C12H18N2O3S2/c1-9(15)11-4-3-10(7-13-11)14-5-6-18-8-12(14)19(2,16)17/h3-4,7,9,12,15H,5-6,8H2,1-2H3/t9-,12?/m1/s1. The molecule has 0 spiro atoms. The average molecular weight is 302 g/mol. The molecule has 1 aliphatic heterocycles. The Morgan fingerprint density at radius 2 is 2.26 bits per heavy atom. The molecule has 0 amide bonds. The maximum atomic E-state index is 11.8. The van der Waals surface area contributed by atoms with Gasteiger partial charge in [0.05, 0.1) is 23.7 Å². The van der Waals surface area contributed by atoms with Crippen molar-refractivity contribution in [3.05, 3.63) is 24.0 Å². The van der Waals surface area contributed by atoms with Crippen LogP contribution in [0, 0.1) is 0 Å². The van der Waals surface area contributed by atoms with Gasteiger partial charge in [-0.05, 0) is 19.1 Å². The molecular weight excluding hydrogens is 284 g/mol. The predicted octanol–water partition coefficient (Wildman–Crippen LogP) is 1.06. The Balaban J connectivity index is 2.27. The smallest absolute Gasteiger partial charge is 0.169 e. The number of aromatic nitrogens is 1. The van der Waals surface area contributed by atoms with Crippen LogP contribution in [0.3, 0.4) is 0 Å². The minimum absolute atomic E-state index is 0.495. The minimum atomic E-state index is -3.12. The van der Waals surface area contributed by atoms with E-state index in [1.807, 2.05) is 11.0 Å². The molecular formula is C12H18N2O3S2. The van der Waals surface area contributed by atoms with Crippen molar-refractivity contribution in [2.75, 3.05) is 29.2 Å². The summed E-state index contributed by atoms with van der Waals surface area (Å²) in [7, 11) is -3.12. The van der Waals surface area contributed by atoms with Crippen molar-refractivity contribution in [2.45, 2.75) is 18.4 Å². The topological polar surface area (TPSA) is 70.5 Å². The second-order valence-corrected chi connectivity index (χ2v) is 8.02. The highest BCUT2D eigenvalue weighted by Crippen LogP contribution is 2.26. The summed E-state index contributed by atoms with van der Waals surface area (Å²) in [5.41, 5.74) is 1.38. The molecule has 106 valence electrons. The van der Waals surface area contributed by atoms with Gasteiger partial charge in [-0.2, -0.15) is 11.8 Å². The molecule has 0 aromatic carbocycles. The van der Waals surface area contributed by atoms with Gasteiger partial charge in [0.1, 0.15) is 5.37 Å². The summed E-state index contributed by atoms with van der Waals surface area (Å²) in [4.78, 5) is 6.06. The van der Waals surface area contributed by atoms with Gasteiger partial charge in [-0.25, -0.2) is 8.42 Å². The van der Waals surface area contributed by atoms with Crippen molar-refractivity contribution < 1.29 is 13.5 Å². The second-order valence-electron chi connectivity index (χ2n) is 4.67. The monoisotopic (exact) mass is 302 g/mol. The molecule has 1 aliphatic rings. The molecule has 0 saturated carbocycles. The number of hydrogen-bond donors (Lipinski definition) is 1. The molecule has 2 atom stereocenters. The van der Waals surface area contributed by atoms with Crippen molar-refractivity contribution >= 4 is 27.3 Å². The Kier molecular flexibility index (Phi) is 4.37. The van der Waals surface area contributed by atoms with Crippen LogP contribution in [0.4, 0.5) is 5.69 Å². The molecule has 1 fully saturated rings. The average Bonchev–Trinajstić information content (AvgIpc) is 2.38. The number of nitrogens with zero attached hydrogens (tertiary/aromatic N) is 2. The number of pyridine rings is 1. The Hall–Kier alpha value is -0.790. The summed E-state index contributed by atoms with van der Waals surface area (Å²) in [6.07, 6.45) is 2.29. The lowest BCUT2D eigenvalue weighted by Gasteiger charge is -2.35. The van der Waals surface area contributed by atoms with Crippen LogP contribution in [0.1, 0.15) is 18.7 Å². The van der Waals surface area contributed by atoms with E-state index in [-0.39, 0.29) is 0 Å². The number of aliphatic hydroxyl groups excluding tert-OH is 1. The maximum Gasteiger partial charge on any atom is 0.169 e. The Morgan fingerprint density at radius 1 is 1.53 bits per heavy atom. The van der Waals surface area contributed by atoms with Crippen molar-refractivity contribution in [1.82, 2.24) is 4.98 Å². The number of aliphatic hydroxyl groups is 1. The fourth-order valence-electron chi connectivity index (χ4n) is 2.05. The quantitative estimate of drug-likeness (QED) is 0.900. The summed E-state index contributed by atoms with van der Waals surface area (Å²) >= 11 is 1.66. The van der Waals surface area contributed by atoms with Gasteiger partial charge in [0.25, 0.3) is 0 Å². The zero-order chi connectivity index (χ0) is 14.0. The Labute approximate surface area is 118 Å². The molecule has 1 N–H and O–H groups in total. The van der Waals surface area contributed by atoms with Crippen LogP contribution in [0.5, 0.6) is 0 Å². The molecule has 0 bridgehead atoms. The first-order valence-electron chi connectivity index (χ1n) is 6.07. The fraction of sp³-hybridized carbons (Fsp3) is 0.583. The number of hydrogen-bond acceptors (Lipinski definition) is 6. The van der Waals surface area contributed by atoms with E-state index in [1.54, 1.807) is 30.9 Å². The van der Waals surface area contributed by atoms with Crippen LogP contribution in [0.2, 0.25) is 0 Å². The van der Waals surface area contributed by atoms with Crippen molar-refractivity contribution in [2.24, 2.45) is 0 Å². The third-order valence-electron chi connectivity index (χ3n) is 3.11. The zero-order valence-electron chi connectivity index (χ0n) is 11.0. The number of rotatable bonds is 3. The fourth-order valence-corrected chi connectivity index (χ4v) is 4.89. The maximum absolute atomic E-state index is 11.8. The summed E-state index contributed by atoms with van der Waals surface area (Å²) < 4.78 is 23.7. The Bertz CT molecular complexity index is 528. The van der Waals surface area contributed by atoms with E-state index < -0.39 is 21.3 Å². The van der Waals surface area contributed by atoms with Crippen LogP contribution in [-0.2, 0) is 9.84 Å². The van der Waals surface area contributed by atoms with Crippen molar-refractivity contribution in [3.8, 4) is 0 Å². The lowest BCUT2D eigenvalue weighted by Crippen LogP contribution is -2.47. The molecule has 19 heavy (non-hydrogen) atoms. The summed E-state index contributed by atoms with van der Waals surface area (Å²) in [5, 5.41) is 8.94. The molecule has 1 aromatic heterocycles. The second kappa shape index (κ2) is 5.68. The van der Waals surface area contributed by atoms with Gasteiger partial charge < -0.3 is 10.0 Å². The molecule has 2 heterocycles. The number of anilines is 1. The number of thioether (sulfide) groups is 1. The lowest BCUT2D eigenvalue weighted by molar-refractivity contribution is 0.194. The van der Waals surface area contributed by atoms with Crippen LogP contribution >= 0.6 is 11.8 Å². The van der Waals surface area contributed by atoms with Crippen LogP contribution in [-0.4, -0.2) is 48.2 Å². The van der Waals surface area contributed by atoms with Gasteiger partial charge >= 0.3 is 0 Å². The molecule has 1 unspecified atom stereocenters. The highest BCUT2D eigenvalue weighted by Gasteiger charge is 2.31. The number of sulfone groups is 1. The summed E-state index contributed by atoms with van der Waals surface area (Å²) in [6.45, 7) is 2.34. The highest BCUT2D eigenvalue weighted by atomic mass is 32.2. The first kappa shape index (κ1) is 14.6. The molecule has 1 saturated heterocycles. The van der Waals surface area contributed by atoms with Crippen LogP contribution in [0.15, 0.2) is 18.3 Å². The van der Waals surface area contributed by atoms with E-state index in [9.17, 15) is 13.5 Å². The highest BCUT2D eigenvalue weighted by molar-refractivity contribution is 8.01. The van der Waals surface area contributed by atoms with Gasteiger partial charge in [0, 0.05) is 24.3 Å². The SMILES string of the molecule is C[C@@H](O)c1ccc(N2CCSCC2S(C)(=O)=O)cn1. The van der Waals surface area contributed by atoms with Gasteiger partial charge in [-0.15, -0.1) is 0 Å². The normalized spacial score (nSPS) is 22.3. The Morgan fingerprint density at radius 3 is 2.79 bits per heavy atom. The molecule has 5 nitrogen and oxygen atoms in total. The lowest BCUT2D eigenvalue weighted by atomic mass is 10.2. The first-order chi connectivity index (χ1) is 8.89. The van der Waals surface area contributed by atoms with Gasteiger partial charge in [0.15, 0.2) is 9.84 Å². The van der Waals surface area contributed by atoms with E-state index in [0.717, 1.165) is 11.4 Å². The predicted molar refractivity (Wildman–Crippen MR) is 78.2 cm³/mol. The van der Waals surface area contributed by atoms with E-state index in [4.69, 9.17) is 0 Å².